The third kappa shape index (κ3) is 2.47. The molecule has 0 bridgehead atoms. The number of rotatable bonds is 2. The van der Waals surface area contributed by atoms with Gasteiger partial charge in [-0.2, -0.15) is 5.10 Å². The molecule has 0 unspecified atom stereocenters. The molecule has 122 valence electrons. The molecule has 0 spiro atoms. The Morgan fingerprint density at radius 3 is 2.54 bits per heavy atom. The molecule has 1 heterocycles. The van der Waals surface area contributed by atoms with Crippen LogP contribution < -0.4 is 0 Å². The summed E-state index contributed by atoms with van der Waals surface area (Å²) in [5.74, 6) is 0.562. The molecule has 24 heavy (non-hydrogen) atoms. The number of benzene rings is 2. The van der Waals surface area contributed by atoms with Crippen LogP contribution in [0.5, 0.6) is 0 Å². The number of hydrogen-bond donors (Lipinski definition) is 1. The lowest BCUT2D eigenvalue weighted by Crippen LogP contribution is -2.01. The molecule has 1 aliphatic carbocycles. The Labute approximate surface area is 143 Å². The molecule has 4 rings (SSSR count). The SMILES string of the molecule is Cc1ccc(C2=C(C(C)C)CCCc3c2ccc2[nH]ncc32)cc1. The number of aryl methyl sites for hydroxylation is 2. The maximum Gasteiger partial charge on any atom is 0.0653 e. The lowest BCUT2D eigenvalue weighted by Gasteiger charge is -2.19. The van der Waals surface area contributed by atoms with Crippen molar-refractivity contribution < 1.29 is 0 Å². The highest BCUT2D eigenvalue weighted by Gasteiger charge is 2.22. The molecule has 0 amide bonds. The van der Waals surface area contributed by atoms with E-state index in [9.17, 15) is 0 Å². The van der Waals surface area contributed by atoms with Crippen molar-refractivity contribution in [2.45, 2.75) is 40.0 Å². The second-order valence-electron chi connectivity index (χ2n) is 7.20. The Morgan fingerprint density at radius 2 is 1.79 bits per heavy atom. The lowest BCUT2D eigenvalue weighted by atomic mass is 9.85. The van der Waals surface area contributed by atoms with Gasteiger partial charge >= 0.3 is 0 Å². The Morgan fingerprint density at radius 1 is 1.00 bits per heavy atom. The smallest absolute Gasteiger partial charge is 0.0653 e. The minimum atomic E-state index is 0.562. The van der Waals surface area contributed by atoms with E-state index in [1.165, 1.54) is 46.1 Å². The van der Waals surface area contributed by atoms with Crippen LogP contribution in [-0.2, 0) is 6.42 Å². The van der Waals surface area contributed by atoms with Crippen LogP contribution in [0.1, 0.15) is 48.9 Å². The Kier molecular flexibility index (Phi) is 3.76. The maximum atomic E-state index is 4.26. The van der Waals surface area contributed by atoms with E-state index in [-0.39, 0.29) is 0 Å². The van der Waals surface area contributed by atoms with E-state index in [0.29, 0.717) is 5.92 Å². The molecule has 1 aromatic heterocycles. The number of nitrogens with zero attached hydrogens (tertiary/aromatic N) is 1. The molecule has 0 aliphatic heterocycles. The van der Waals surface area contributed by atoms with Gasteiger partial charge in [0.1, 0.15) is 0 Å². The lowest BCUT2D eigenvalue weighted by molar-refractivity contribution is 0.691. The zero-order valence-electron chi connectivity index (χ0n) is 14.7. The van der Waals surface area contributed by atoms with Crippen LogP contribution in [0.4, 0.5) is 0 Å². The highest BCUT2D eigenvalue weighted by atomic mass is 15.1. The minimum absolute atomic E-state index is 0.562. The molecule has 0 atom stereocenters. The monoisotopic (exact) mass is 316 g/mol. The van der Waals surface area contributed by atoms with Gasteiger partial charge in [0, 0.05) is 5.39 Å². The topological polar surface area (TPSA) is 28.7 Å². The molecule has 3 aromatic rings. The molecule has 1 N–H and O–H groups in total. The fourth-order valence-electron chi connectivity index (χ4n) is 3.97. The fraction of sp³-hybridized carbons (Fsp3) is 0.318. The molecule has 2 nitrogen and oxygen atoms in total. The van der Waals surface area contributed by atoms with Gasteiger partial charge in [0.05, 0.1) is 11.7 Å². The number of fused-ring (bicyclic) bond motifs is 3. The van der Waals surface area contributed by atoms with Gasteiger partial charge in [-0.3, -0.25) is 5.10 Å². The van der Waals surface area contributed by atoms with Crippen molar-refractivity contribution in [1.29, 1.82) is 0 Å². The molecule has 0 fully saturated rings. The first-order valence-corrected chi connectivity index (χ1v) is 8.90. The van der Waals surface area contributed by atoms with Crippen LogP contribution in [0.3, 0.4) is 0 Å². The molecule has 2 aromatic carbocycles. The van der Waals surface area contributed by atoms with Crippen LogP contribution in [-0.4, -0.2) is 10.2 Å². The standard InChI is InChI=1S/C22H24N2/c1-14(2)17-5-4-6-18-19(11-12-21-20(18)13-23-24-21)22(17)16-9-7-15(3)8-10-16/h7-14H,4-6H2,1-3H3,(H,23,24). The Hall–Kier alpha value is -2.35. The number of aromatic amines is 1. The van der Waals surface area contributed by atoms with Crippen LogP contribution in [0, 0.1) is 12.8 Å². The van der Waals surface area contributed by atoms with E-state index in [1.807, 2.05) is 6.20 Å². The predicted molar refractivity (Wildman–Crippen MR) is 101 cm³/mol. The molecular formula is C22H24N2. The van der Waals surface area contributed by atoms with E-state index >= 15 is 0 Å². The van der Waals surface area contributed by atoms with Crippen LogP contribution in [0.15, 0.2) is 48.2 Å². The van der Waals surface area contributed by atoms with Gasteiger partial charge in [0.25, 0.3) is 0 Å². The summed E-state index contributed by atoms with van der Waals surface area (Å²) < 4.78 is 0. The van der Waals surface area contributed by atoms with Crippen LogP contribution >= 0.6 is 0 Å². The van der Waals surface area contributed by atoms with Crippen molar-refractivity contribution in [2.24, 2.45) is 5.92 Å². The second-order valence-corrected chi connectivity index (χ2v) is 7.20. The second kappa shape index (κ2) is 5.94. The number of hydrogen-bond acceptors (Lipinski definition) is 1. The van der Waals surface area contributed by atoms with Gasteiger partial charge in [-0.25, -0.2) is 0 Å². The van der Waals surface area contributed by atoms with E-state index in [1.54, 1.807) is 5.57 Å². The van der Waals surface area contributed by atoms with Gasteiger partial charge in [0.2, 0.25) is 0 Å². The highest BCUT2D eigenvalue weighted by Crippen LogP contribution is 2.40. The largest absolute Gasteiger partial charge is 0.278 e. The summed E-state index contributed by atoms with van der Waals surface area (Å²) in [6.45, 7) is 6.80. The summed E-state index contributed by atoms with van der Waals surface area (Å²) in [7, 11) is 0. The zero-order valence-corrected chi connectivity index (χ0v) is 14.7. The van der Waals surface area contributed by atoms with Crippen LogP contribution in [0.25, 0.3) is 16.5 Å². The van der Waals surface area contributed by atoms with Crippen molar-refractivity contribution in [3.05, 3.63) is 70.4 Å². The Bertz CT molecular complexity index is 911. The first kappa shape index (κ1) is 15.2. The normalized spacial score (nSPS) is 15.0. The minimum Gasteiger partial charge on any atom is -0.278 e. The molecular weight excluding hydrogens is 292 g/mol. The van der Waals surface area contributed by atoms with Gasteiger partial charge in [-0.1, -0.05) is 55.3 Å². The number of nitrogens with one attached hydrogen (secondary N) is 1. The van der Waals surface area contributed by atoms with E-state index < -0.39 is 0 Å². The summed E-state index contributed by atoms with van der Waals surface area (Å²) in [5.41, 5.74) is 9.67. The zero-order chi connectivity index (χ0) is 16.7. The highest BCUT2D eigenvalue weighted by molar-refractivity contribution is 5.92. The van der Waals surface area contributed by atoms with Gasteiger partial charge < -0.3 is 0 Å². The van der Waals surface area contributed by atoms with Gasteiger partial charge in [-0.15, -0.1) is 0 Å². The van der Waals surface area contributed by atoms with Crippen molar-refractivity contribution in [2.75, 3.05) is 0 Å². The summed E-state index contributed by atoms with van der Waals surface area (Å²) in [5, 5.41) is 8.66. The van der Waals surface area contributed by atoms with E-state index in [2.05, 4.69) is 67.4 Å². The summed E-state index contributed by atoms with van der Waals surface area (Å²) in [4.78, 5) is 0. The first-order valence-electron chi connectivity index (χ1n) is 8.90. The molecule has 0 saturated heterocycles. The van der Waals surface area contributed by atoms with E-state index in [4.69, 9.17) is 0 Å². The quantitative estimate of drug-likeness (QED) is 0.648. The third-order valence-corrected chi connectivity index (χ3v) is 5.24. The third-order valence-electron chi connectivity index (χ3n) is 5.24. The van der Waals surface area contributed by atoms with Crippen LogP contribution in [0.2, 0.25) is 0 Å². The number of allylic oxidation sites excluding steroid dienone is 1. The average Bonchev–Trinajstić information content (AvgIpc) is 2.96. The molecule has 0 saturated carbocycles. The van der Waals surface area contributed by atoms with Gasteiger partial charge in [-0.05, 0) is 60.4 Å². The molecule has 0 radical (unpaired) electrons. The average molecular weight is 316 g/mol. The first-order chi connectivity index (χ1) is 11.6. The number of H-pyrrole nitrogens is 1. The molecule has 1 aliphatic rings. The van der Waals surface area contributed by atoms with Crippen molar-refractivity contribution in [3.8, 4) is 0 Å². The Balaban J connectivity index is 2.02. The van der Waals surface area contributed by atoms with Crippen molar-refractivity contribution in [1.82, 2.24) is 10.2 Å². The maximum absolute atomic E-state index is 4.26. The van der Waals surface area contributed by atoms with Crippen molar-refractivity contribution >= 4 is 16.5 Å². The van der Waals surface area contributed by atoms with E-state index in [0.717, 1.165) is 11.9 Å². The predicted octanol–water partition coefficient (Wildman–Crippen LogP) is 5.67. The molecule has 2 heteroatoms. The van der Waals surface area contributed by atoms with Gasteiger partial charge in [0.15, 0.2) is 0 Å². The number of aromatic nitrogens is 2. The fourth-order valence-corrected chi connectivity index (χ4v) is 3.97. The summed E-state index contributed by atoms with van der Waals surface area (Å²) in [6, 6.07) is 13.5. The summed E-state index contributed by atoms with van der Waals surface area (Å²) >= 11 is 0. The summed E-state index contributed by atoms with van der Waals surface area (Å²) in [6.07, 6.45) is 5.49. The van der Waals surface area contributed by atoms with Crippen molar-refractivity contribution in [3.63, 3.8) is 0 Å².